The van der Waals surface area contributed by atoms with Gasteiger partial charge in [-0.25, -0.2) is 0 Å². The van der Waals surface area contributed by atoms with Crippen LogP contribution >= 0.6 is 11.3 Å². The molecule has 3 nitrogen and oxygen atoms in total. The van der Waals surface area contributed by atoms with Crippen molar-refractivity contribution in [2.45, 2.75) is 38.7 Å². The lowest BCUT2D eigenvalue weighted by Gasteiger charge is -2.16. The van der Waals surface area contributed by atoms with E-state index >= 15 is 0 Å². The second kappa shape index (κ2) is 8.45. The molecule has 2 aromatic rings. The van der Waals surface area contributed by atoms with Crippen LogP contribution in [0.15, 0.2) is 41.8 Å². The minimum Gasteiger partial charge on any atom is -0.392 e. The molecular formula is C20H25NO2S. The minimum absolute atomic E-state index is 0.0947. The fraction of sp³-hybridized carbons (Fsp3) is 0.450. The fourth-order valence-electron chi connectivity index (χ4n) is 3.37. The average Bonchev–Trinajstić information content (AvgIpc) is 3.27. The van der Waals surface area contributed by atoms with Crippen LogP contribution in [-0.4, -0.2) is 29.0 Å². The number of hydrogen-bond acceptors (Lipinski definition) is 3. The topological polar surface area (TPSA) is 40.5 Å². The number of aliphatic hydroxyl groups is 1. The molecule has 1 saturated heterocycles. The second-order valence-corrected chi connectivity index (χ2v) is 7.64. The van der Waals surface area contributed by atoms with Crippen molar-refractivity contribution >= 4 is 17.2 Å². The molecule has 1 N–H and O–H groups in total. The lowest BCUT2D eigenvalue weighted by Crippen LogP contribution is -2.28. The van der Waals surface area contributed by atoms with E-state index in [0.717, 1.165) is 44.3 Å². The molecule has 24 heavy (non-hydrogen) atoms. The maximum atomic E-state index is 12.4. The Morgan fingerprint density at radius 2 is 2.00 bits per heavy atom. The number of nitrogens with zero attached hydrogens (tertiary/aromatic N) is 1. The lowest BCUT2D eigenvalue weighted by atomic mass is 9.98. The van der Waals surface area contributed by atoms with Crippen molar-refractivity contribution < 1.29 is 9.90 Å². The number of benzene rings is 1. The predicted molar refractivity (Wildman–Crippen MR) is 98.0 cm³/mol. The van der Waals surface area contributed by atoms with E-state index in [-0.39, 0.29) is 6.61 Å². The van der Waals surface area contributed by atoms with Gasteiger partial charge >= 0.3 is 0 Å². The highest BCUT2D eigenvalue weighted by Gasteiger charge is 2.25. The summed E-state index contributed by atoms with van der Waals surface area (Å²) in [5.41, 5.74) is 2.25. The zero-order valence-corrected chi connectivity index (χ0v) is 14.8. The molecular weight excluding hydrogens is 318 g/mol. The summed E-state index contributed by atoms with van der Waals surface area (Å²) in [5, 5.41) is 11.2. The summed E-state index contributed by atoms with van der Waals surface area (Å²) in [6.45, 7) is 1.88. The molecule has 1 fully saturated rings. The summed E-state index contributed by atoms with van der Waals surface area (Å²) in [6, 6.07) is 12.4. The van der Waals surface area contributed by atoms with Gasteiger partial charge in [0.25, 0.3) is 0 Å². The number of aryl methyl sites for hydroxylation is 1. The molecule has 0 spiro atoms. The van der Waals surface area contributed by atoms with E-state index in [1.54, 1.807) is 11.3 Å². The van der Waals surface area contributed by atoms with Crippen molar-refractivity contribution in [1.29, 1.82) is 0 Å². The molecule has 2 heterocycles. The van der Waals surface area contributed by atoms with Crippen LogP contribution < -0.4 is 0 Å². The van der Waals surface area contributed by atoms with Gasteiger partial charge in [-0.15, -0.1) is 11.3 Å². The Bertz CT molecular complexity index is 636. The van der Waals surface area contributed by atoms with E-state index in [0.29, 0.717) is 18.2 Å². The second-order valence-electron chi connectivity index (χ2n) is 6.61. The summed E-state index contributed by atoms with van der Waals surface area (Å²) >= 11 is 1.77. The van der Waals surface area contributed by atoms with Gasteiger partial charge in [0, 0.05) is 24.4 Å². The number of aliphatic hydroxyl groups excluding tert-OH is 1. The number of hydrogen-bond donors (Lipinski definition) is 1. The zero-order valence-electron chi connectivity index (χ0n) is 14.0. The van der Waals surface area contributed by atoms with Crippen LogP contribution in [0, 0.1) is 5.92 Å². The Balaban J connectivity index is 1.41. The van der Waals surface area contributed by atoms with Crippen molar-refractivity contribution in [2.75, 3.05) is 13.1 Å². The van der Waals surface area contributed by atoms with Gasteiger partial charge in [0.1, 0.15) is 0 Å². The maximum absolute atomic E-state index is 12.4. The molecule has 0 radical (unpaired) electrons. The third-order valence-electron chi connectivity index (χ3n) is 4.76. The van der Waals surface area contributed by atoms with Crippen LogP contribution in [-0.2, 0) is 24.2 Å². The smallest absolute Gasteiger partial charge is 0.222 e. The third kappa shape index (κ3) is 4.68. The van der Waals surface area contributed by atoms with E-state index in [4.69, 9.17) is 5.11 Å². The molecule has 1 aromatic carbocycles. The van der Waals surface area contributed by atoms with Gasteiger partial charge in [-0.3, -0.25) is 4.79 Å². The van der Waals surface area contributed by atoms with E-state index in [1.807, 2.05) is 17.0 Å². The van der Waals surface area contributed by atoms with Crippen molar-refractivity contribution in [3.8, 4) is 0 Å². The Morgan fingerprint density at radius 1 is 1.21 bits per heavy atom. The molecule has 1 atom stereocenters. The first-order valence-corrected chi connectivity index (χ1v) is 9.61. The Kier molecular flexibility index (Phi) is 6.05. The normalized spacial score (nSPS) is 17.4. The average molecular weight is 343 g/mol. The van der Waals surface area contributed by atoms with Crippen molar-refractivity contribution in [3.63, 3.8) is 0 Å². The van der Waals surface area contributed by atoms with Gasteiger partial charge in [-0.1, -0.05) is 30.3 Å². The number of rotatable bonds is 7. The number of likely N-dealkylation sites (tertiary alicyclic amines) is 1. The summed E-state index contributed by atoms with van der Waals surface area (Å²) in [4.78, 5) is 15.8. The van der Waals surface area contributed by atoms with E-state index in [2.05, 4.69) is 29.6 Å². The number of carbonyl (C=O) groups excluding carboxylic acids is 1. The molecule has 0 saturated carbocycles. The first kappa shape index (κ1) is 17.2. The minimum atomic E-state index is 0.0947. The molecule has 1 amide bonds. The number of thiophene rings is 1. The van der Waals surface area contributed by atoms with E-state index in [1.165, 1.54) is 10.4 Å². The highest BCUT2D eigenvalue weighted by Crippen LogP contribution is 2.22. The van der Waals surface area contributed by atoms with E-state index in [9.17, 15) is 4.79 Å². The summed E-state index contributed by atoms with van der Waals surface area (Å²) in [7, 11) is 0. The molecule has 3 rings (SSSR count). The van der Waals surface area contributed by atoms with Crippen LogP contribution in [0.2, 0.25) is 0 Å². The summed E-state index contributed by atoms with van der Waals surface area (Å²) in [6.07, 6.45) is 4.74. The molecule has 1 aromatic heterocycles. The van der Waals surface area contributed by atoms with E-state index < -0.39 is 0 Å². The molecule has 1 aliphatic heterocycles. The largest absolute Gasteiger partial charge is 0.392 e. The van der Waals surface area contributed by atoms with Gasteiger partial charge in [0.2, 0.25) is 5.91 Å². The zero-order chi connectivity index (χ0) is 16.8. The van der Waals surface area contributed by atoms with Gasteiger partial charge < -0.3 is 10.0 Å². The monoisotopic (exact) mass is 343 g/mol. The summed E-state index contributed by atoms with van der Waals surface area (Å²) < 4.78 is 0. The number of amides is 1. The van der Waals surface area contributed by atoms with Crippen molar-refractivity contribution in [1.82, 2.24) is 4.90 Å². The quantitative estimate of drug-likeness (QED) is 0.833. The van der Waals surface area contributed by atoms with Crippen LogP contribution in [0.1, 0.15) is 35.3 Å². The first-order valence-electron chi connectivity index (χ1n) is 8.73. The highest BCUT2D eigenvalue weighted by atomic mass is 32.1. The van der Waals surface area contributed by atoms with Crippen molar-refractivity contribution in [3.05, 3.63) is 57.8 Å². The predicted octanol–water partition coefficient (Wildman–Crippen LogP) is 3.65. The molecule has 1 unspecified atom stereocenters. The third-order valence-corrected chi connectivity index (χ3v) is 5.70. The van der Waals surface area contributed by atoms with Crippen LogP contribution in [0.3, 0.4) is 0 Å². The molecule has 0 aliphatic carbocycles. The van der Waals surface area contributed by atoms with Gasteiger partial charge in [-0.05, 0) is 54.2 Å². The highest BCUT2D eigenvalue weighted by molar-refractivity contribution is 7.09. The Labute approximate surface area is 147 Å². The van der Waals surface area contributed by atoms with Gasteiger partial charge in [0.05, 0.1) is 6.61 Å². The molecule has 0 bridgehead atoms. The number of carbonyl (C=O) groups is 1. The van der Waals surface area contributed by atoms with Crippen LogP contribution in [0.4, 0.5) is 0 Å². The standard InChI is InChI=1S/C20H25NO2S/c22-15-17-8-6-16(7-9-17)13-18-10-11-21(14-18)20(23)5-1-3-19-4-2-12-24-19/h2,4,6-9,12,18,22H,1,3,5,10-11,13-15H2. The van der Waals surface area contributed by atoms with Crippen LogP contribution in [0.25, 0.3) is 0 Å². The molecule has 128 valence electrons. The SMILES string of the molecule is O=C(CCCc1cccs1)N1CCC(Cc2ccc(CO)cc2)C1. The summed E-state index contributed by atoms with van der Waals surface area (Å²) in [5.74, 6) is 0.871. The maximum Gasteiger partial charge on any atom is 0.222 e. The Hall–Kier alpha value is -1.65. The Morgan fingerprint density at radius 3 is 2.71 bits per heavy atom. The van der Waals surface area contributed by atoms with Gasteiger partial charge in [-0.2, -0.15) is 0 Å². The first-order chi connectivity index (χ1) is 11.7. The van der Waals surface area contributed by atoms with Crippen LogP contribution in [0.5, 0.6) is 0 Å². The molecule has 4 heteroatoms. The van der Waals surface area contributed by atoms with Crippen molar-refractivity contribution in [2.24, 2.45) is 5.92 Å². The lowest BCUT2D eigenvalue weighted by molar-refractivity contribution is -0.130. The molecule has 1 aliphatic rings. The fourth-order valence-corrected chi connectivity index (χ4v) is 4.12. The van der Waals surface area contributed by atoms with Gasteiger partial charge in [0.15, 0.2) is 0 Å².